The van der Waals surface area contributed by atoms with Crippen LogP contribution in [0.1, 0.15) is 25.7 Å². The van der Waals surface area contributed by atoms with Gasteiger partial charge in [0.15, 0.2) is 6.61 Å². The van der Waals surface area contributed by atoms with Gasteiger partial charge in [0.05, 0.1) is 19.1 Å². The van der Waals surface area contributed by atoms with E-state index in [0.29, 0.717) is 17.5 Å². The molecule has 2 bridgehead atoms. The lowest BCUT2D eigenvalue weighted by Crippen LogP contribution is -2.36. The fourth-order valence-electron chi connectivity index (χ4n) is 4.55. The van der Waals surface area contributed by atoms with Crippen molar-refractivity contribution in [3.05, 3.63) is 24.3 Å². The summed E-state index contributed by atoms with van der Waals surface area (Å²) in [6.45, 7) is 3.03. The molecule has 3 fully saturated rings. The van der Waals surface area contributed by atoms with Crippen molar-refractivity contribution in [2.45, 2.75) is 25.7 Å². The van der Waals surface area contributed by atoms with Crippen LogP contribution in [0.2, 0.25) is 0 Å². The minimum Gasteiger partial charge on any atom is -0.455 e. The molecule has 2 saturated carbocycles. The zero-order valence-electron chi connectivity index (χ0n) is 15.0. The molecule has 26 heavy (non-hydrogen) atoms. The fraction of sp³-hybridized carbons (Fsp3) is 0.600. The van der Waals surface area contributed by atoms with Crippen molar-refractivity contribution in [3.8, 4) is 0 Å². The van der Waals surface area contributed by atoms with Gasteiger partial charge in [-0.05, 0) is 55.4 Å². The summed E-state index contributed by atoms with van der Waals surface area (Å²) in [5.41, 5.74) is 1.83. The number of carbonyl (C=O) groups is 2. The summed E-state index contributed by atoms with van der Waals surface area (Å²) < 4.78 is 10.6. The molecule has 0 spiro atoms. The summed E-state index contributed by atoms with van der Waals surface area (Å²) in [6, 6.07) is 7.73. The molecule has 1 heterocycles. The molecule has 1 aromatic carbocycles. The van der Waals surface area contributed by atoms with Crippen LogP contribution in [0.3, 0.4) is 0 Å². The van der Waals surface area contributed by atoms with Crippen LogP contribution in [-0.2, 0) is 19.1 Å². The quantitative estimate of drug-likeness (QED) is 0.819. The Morgan fingerprint density at radius 1 is 1.12 bits per heavy atom. The molecule has 1 N–H and O–H groups in total. The van der Waals surface area contributed by atoms with Crippen molar-refractivity contribution in [1.29, 1.82) is 0 Å². The Labute approximate surface area is 153 Å². The fourth-order valence-corrected chi connectivity index (χ4v) is 4.55. The van der Waals surface area contributed by atoms with Crippen molar-refractivity contribution in [2.24, 2.45) is 17.8 Å². The van der Waals surface area contributed by atoms with Crippen molar-refractivity contribution >= 4 is 23.3 Å². The second kappa shape index (κ2) is 7.66. The Kier molecular flexibility index (Phi) is 5.11. The van der Waals surface area contributed by atoms with Gasteiger partial charge in [-0.25, -0.2) is 0 Å². The SMILES string of the molecule is O=C(COC(=O)[C@H]1C[C@H]2CC[C@H]1C2)Nc1ccc(N2CCOCC2)cc1. The Balaban J connectivity index is 1.23. The highest BCUT2D eigenvalue weighted by Crippen LogP contribution is 2.48. The van der Waals surface area contributed by atoms with Crippen LogP contribution in [0.25, 0.3) is 0 Å². The average Bonchev–Trinajstić information content (AvgIpc) is 3.31. The lowest BCUT2D eigenvalue weighted by atomic mass is 9.89. The first-order valence-electron chi connectivity index (χ1n) is 9.58. The van der Waals surface area contributed by atoms with E-state index in [-0.39, 0.29) is 24.4 Å². The Bertz CT molecular complexity index is 654. The molecule has 6 nitrogen and oxygen atoms in total. The summed E-state index contributed by atoms with van der Waals surface area (Å²) >= 11 is 0. The van der Waals surface area contributed by atoms with E-state index in [1.165, 1.54) is 6.42 Å². The number of morpholine rings is 1. The number of ether oxygens (including phenoxy) is 2. The number of fused-ring (bicyclic) bond motifs is 2. The molecule has 2 aliphatic carbocycles. The number of rotatable bonds is 5. The molecule has 140 valence electrons. The molecular weight excluding hydrogens is 332 g/mol. The van der Waals surface area contributed by atoms with Crippen LogP contribution < -0.4 is 10.2 Å². The molecule has 6 heteroatoms. The molecule has 1 aromatic rings. The van der Waals surface area contributed by atoms with Gasteiger partial charge in [0.2, 0.25) is 0 Å². The predicted molar refractivity (Wildman–Crippen MR) is 98.0 cm³/mol. The van der Waals surface area contributed by atoms with Crippen LogP contribution in [0.4, 0.5) is 11.4 Å². The Morgan fingerprint density at radius 3 is 2.54 bits per heavy atom. The van der Waals surface area contributed by atoms with E-state index in [4.69, 9.17) is 9.47 Å². The number of anilines is 2. The molecule has 0 aromatic heterocycles. The maximum atomic E-state index is 12.2. The summed E-state index contributed by atoms with van der Waals surface area (Å²) in [5, 5.41) is 2.79. The largest absolute Gasteiger partial charge is 0.455 e. The van der Waals surface area contributed by atoms with E-state index in [1.54, 1.807) is 0 Å². The zero-order chi connectivity index (χ0) is 17.9. The van der Waals surface area contributed by atoms with Gasteiger partial charge in [-0.3, -0.25) is 9.59 Å². The van der Waals surface area contributed by atoms with E-state index in [0.717, 1.165) is 51.3 Å². The highest BCUT2D eigenvalue weighted by Gasteiger charge is 2.43. The monoisotopic (exact) mass is 358 g/mol. The van der Waals surface area contributed by atoms with Crippen molar-refractivity contribution in [3.63, 3.8) is 0 Å². The van der Waals surface area contributed by atoms with Gasteiger partial charge in [0.25, 0.3) is 5.91 Å². The summed E-state index contributed by atoms with van der Waals surface area (Å²) in [5.74, 6) is 0.685. The number of carbonyl (C=O) groups excluding carboxylic acids is 2. The van der Waals surface area contributed by atoms with Gasteiger partial charge in [-0.1, -0.05) is 6.42 Å². The van der Waals surface area contributed by atoms with E-state index in [2.05, 4.69) is 10.2 Å². The molecule has 3 atom stereocenters. The van der Waals surface area contributed by atoms with Crippen LogP contribution >= 0.6 is 0 Å². The van der Waals surface area contributed by atoms with Crippen LogP contribution in [0.5, 0.6) is 0 Å². The van der Waals surface area contributed by atoms with Gasteiger partial charge < -0.3 is 19.7 Å². The first-order valence-corrected chi connectivity index (χ1v) is 9.58. The maximum Gasteiger partial charge on any atom is 0.309 e. The average molecular weight is 358 g/mol. The van der Waals surface area contributed by atoms with Crippen molar-refractivity contribution in [1.82, 2.24) is 0 Å². The van der Waals surface area contributed by atoms with Gasteiger partial charge in [0, 0.05) is 24.5 Å². The topological polar surface area (TPSA) is 67.9 Å². The summed E-state index contributed by atoms with van der Waals surface area (Å²) in [4.78, 5) is 26.5. The highest BCUT2D eigenvalue weighted by molar-refractivity contribution is 5.93. The standard InChI is InChI=1S/C20H26N2O4/c23-19(13-26-20(24)18-12-14-1-2-15(18)11-14)21-16-3-5-17(6-4-16)22-7-9-25-10-8-22/h3-6,14-15,18H,1-2,7-13H2,(H,21,23)/t14-,15-,18-/m0/s1. The van der Waals surface area contributed by atoms with E-state index >= 15 is 0 Å². The number of hydrogen-bond acceptors (Lipinski definition) is 5. The zero-order valence-corrected chi connectivity index (χ0v) is 15.0. The third kappa shape index (κ3) is 3.85. The number of nitrogens with one attached hydrogen (secondary N) is 1. The number of nitrogens with zero attached hydrogens (tertiary/aromatic N) is 1. The summed E-state index contributed by atoms with van der Waals surface area (Å²) in [7, 11) is 0. The van der Waals surface area contributed by atoms with Crippen LogP contribution in [0.15, 0.2) is 24.3 Å². The van der Waals surface area contributed by atoms with Crippen molar-refractivity contribution in [2.75, 3.05) is 43.1 Å². The van der Waals surface area contributed by atoms with E-state index in [1.807, 2.05) is 24.3 Å². The molecule has 4 rings (SSSR count). The maximum absolute atomic E-state index is 12.2. The molecule has 0 unspecified atom stereocenters. The highest BCUT2D eigenvalue weighted by atomic mass is 16.5. The third-order valence-electron chi connectivity index (χ3n) is 5.91. The number of hydrogen-bond donors (Lipinski definition) is 1. The van der Waals surface area contributed by atoms with Gasteiger partial charge in [-0.15, -0.1) is 0 Å². The second-order valence-electron chi connectivity index (χ2n) is 7.58. The van der Waals surface area contributed by atoms with E-state index < -0.39 is 0 Å². The molecule has 1 saturated heterocycles. The minimum absolute atomic E-state index is 0.00866. The lowest BCUT2D eigenvalue weighted by molar-refractivity contribution is -0.153. The first-order chi connectivity index (χ1) is 12.7. The van der Waals surface area contributed by atoms with Gasteiger partial charge >= 0.3 is 5.97 Å². The first kappa shape index (κ1) is 17.3. The lowest BCUT2D eigenvalue weighted by Gasteiger charge is -2.28. The second-order valence-corrected chi connectivity index (χ2v) is 7.58. The number of esters is 1. The van der Waals surface area contributed by atoms with Crippen LogP contribution in [-0.4, -0.2) is 44.8 Å². The van der Waals surface area contributed by atoms with Gasteiger partial charge in [0.1, 0.15) is 0 Å². The van der Waals surface area contributed by atoms with Crippen LogP contribution in [0, 0.1) is 17.8 Å². The molecular formula is C20H26N2O4. The third-order valence-corrected chi connectivity index (χ3v) is 5.91. The molecule has 1 amide bonds. The summed E-state index contributed by atoms with van der Waals surface area (Å²) in [6.07, 6.45) is 4.47. The van der Waals surface area contributed by atoms with E-state index in [9.17, 15) is 9.59 Å². The van der Waals surface area contributed by atoms with Gasteiger partial charge in [-0.2, -0.15) is 0 Å². The Hall–Kier alpha value is -2.08. The Morgan fingerprint density at radius 2 is 1.88 bits per heavy atom. The molecule has 3 aliphatic rings. The van der Waals surface area contributed by atoms with Crippen molar-refractivity contribution < 1.29 is 19.1 Å². The predicted octanol–water partition coefficient (Wildman–Crippen LogP) is 2.44. The smallest absolute Gasteiger partial charge is 0.309 e. The normalized spacial score (nSPS) is 27.4. The molecule has 0 radical (unpaired) electrons. The molecule has 1 aliphatic heterocycles. The minimum atomic E-state index is -0.291. The number of amides is 1. The number of benzene rings is 1.